The maximum Gasteiger partial charge on any atom is 0.405 e. The van der Waals surface area contributed by atoms with E-state index >= 15 is 0 Å². The molecule has 0 saturated heterocycles. The second-order valence-electron chi connectivity index (χ2n) is 3.96. The monoisotopic (exact) mass is 262 g/mol. The predicted octanol–water partition coefficient (Wildman–Crippen LogP) is 2.61. The molecule has 0 unspecified atom stereocenters. The number of hydrogen-bond acceptors (Lipinski definition) is 4. The van der Waals surface area contributed by atoms with Crippen LogP contribution in [0.3, 0.4) is 0 Å². The fourth-order valence-corrected chi connectivity index (χ4v) is 1.76. The molecule has 0 atom stereocenters. The molecule has 0 bridgehead atoms. The number of anilines is 2. The van der Waals surface area contributed by atoms with Crippen LogP contribution in [0.4, 0.5) is 24.8 Å². The summed E-state index contributed by atoms with van der Waals surface area (Å²) < 4.78 is 37.6. The van der Waals surface area contributed by atoms with Gasteiger partial charge in [0.1, 0.15) is 24.5 Å². The molecule has 0 spiro atoms. The van der Waals surface area contributed by atoms with Crippen molar-refractivity contribution in [3.8, 4) is 0 Å². The van der Waals surface area contributed by atoms with Crippen molar-refractivity contribution in [2.24, 2.45) is 0 Å². The molecule has 1 rings (SSSR count). The summed E-state index contributed by atoms with van der Waals surface area (Å²) in [5.74, 6) is 0.872. The Morgan fingerprint density at radius 2 is 2.00 bits per heavy atom. The number of hydrogen-bond donors (Lipinski definition) is 1. The van der Waals surface area contributed by atoms with Gasteiger partial charge in [0.05, 0.1) is 0 Å². The molecule has 0 saturated carbocycles. The fraction of sp³-hybridized carbons (Fsp3) is 0.636. The van der Waals surface area contributed by atoms with Gasteiger partial charge < -0.3 is 10.2 Å². The highest BCUT2D eigenvalue weighted by molar-refractivity contribution is 5.57. The van der Waals surface area contributed by atoms with Crippen molar-refractivity contribution in [3.63, 3.8) is 0 Å². The van der Waals surface area contributed by atoms with Gasteiger partial charge in [0.2, 0.25) is 0 Å². The number of nitrogens with zero attached hydrogens (tertiary/aromatic N) is 3. The first kappa shape index (κ1) is 14.5. The van der Waals surface area contributed by atoms with E-state index in [4.69, 9.17) is 0 Å². The number of alkyl halides is 3. The lowest BCUT2D eigenvalue weighted by molar-refractivity contribution is -0.119. The van der Waals surface area contributed by atoms with E-state index in [2.05, 4.69) is 15.3 Å². The summed E-state index contributed by atoms with van der Waals surface area (Å²) in [5, 5.41) is 2.84. The summed E-state index contributed by atoms with van der Waals surface area (Å²) in [6.45, 7) is 2.85. The zero-order chi connectivity index (χ0) is 13.8. The van der Waals surface area contributed by atoms with Crippen molar-refractivity contribution in [2.45, 2.75) is 26.4 Å². The van der Waals surface area contributed by atoms with Crippen molar-refractivity contribution in [2.75, 3.05) is 30.4 Å². The summed E-state index contributed by atoms with van der Waals surface area (Å²) >= 11 is 0. The average Bonchev–Trinajstić information content (AvgIpc) is 2.27. The Bertz CT molecular complexity index is 392. The van der Waals surface area contributed by atoms with Gasteiger partial charge in [0.25, 0.3) is 0 Å². The van der Waals surface area contributed by atoms with Crippen molar-refractivity contribution >= 4 is 11.6 Å². The molecule has 0 aromatic carbocycles. The number of halogens is 3. The molecule has 1 aromatic heterocycles. The summed E-state index contributed by atoms with van der Waals surface area (Å²) in [4.78, 5) is 9.17. The molecule has 18 heavy (non-hydrogen) atoms. The van der Waals surface area contributed by atoms with Gasteiger partial charge in [-0.1, -0.05) is 6.92 Å². The molecular weight excluding hydrogens is 245 g/mol. The second-order valence-corrected chi connectivity index (χ2v) is 3.96. The highest BCUT2D eigenvalue weighted by Gasteiger charge is 2.31. The van der Waals surface area contributed by atoms with Gasteiger partial charge in [0, 0.05) is 19.2 Å². The van der Waals surface area contributed by atoms with Gasteiger partial charge in [-0.2, -0.15) is 13.2 Å². The average molecular weight is 262 g/mol. The molecule has 0 aliphatic heterocycles. The standard InChI is InChI=1S/C11H17F3N4/c1-4-5-18(6-11(12,13)14)10-8(2)9(15-3)16-7-17-10/h7H,4-6H2,1-3H3,(H,15,16,17). The minimum absolute atomic E-state index is 0.306. The fourth-order valence-electron chi connectivity index (χ4n) is 1.76. The topological polar surface area (TPSA) is 41.1 Å². The van der Waals surface area contributed by atoms with Gasteiger partial charge in [0.15, 0.2) is 0 Å². The highest BCUT2D eigenvalue weighted by atomic mass is 19.4. The molecule has 4 nitrogen and oxygen atoms in total. The van der Waals surface area contributed by atoms with Crippen LogP contribution in [0.1, 0.15) is 18.9 Å². The minimum Gasteiger partial charge on any atom is -0.373 e. The molecule has 1 aromatic rings. The molecular formula is C11H17F3N4. The lowest BCUT2D eigenvalue weighted by Gasteiger charge is -2.26. The van der Waals surface area contributed by atoms with Crippen LogP contribution in [0, 0.1) is 6.92 Å². The summed E-state index contributed by atoms with van der Waals surface area (Å²) in [7, 11) is 1.67. The van der Waals surface area contributed by atoms with E-state index < -0.39 is 12.7 Å². The summed E-state index contributed by atoms with van der Waals surface area (Å²) in [6, 6.07) is 0. The molecule has 0 radical (unpaired) electrons. The van der Waals surface area contributed by atoms with Crippen LogP contribution in [0.25, 0.3) is 0 Å². The van der Waals surface area contributed by atoms with E-state index in [0.717, 1.165) is 0 Å². The van der Waals surface area contributed by atoms with E-state index in [1.54, 1.807) is 14.0 Å². The Morgan fingerprint density at radius 3 is 2.50 bits per heavy atom. The molecule has 1 N–H and O–H groups in total. The van der Waals surface area contributed by atoms with E-state index in [9.17, 15) is 13.2 Å². The zero-order valence-corrected chi connectivity index (χ0v) is 10.7. The Balaban J connectivity index is 3.05. The van der Waals surface area contributed by atoms with Gasteiger partial charge in [-0.3, -0.25) is 0 Å². The van der Waals surface area contributed by atoms with Crippen molar-refractivity contribution in [3.05, 3.63) is 11.9 Å². The van der Waals surface area contributed by atoms with Crippen LogP contribution in [0.15, 0.2) is 6.33 Å². The van der Waals surface area contributed by atoms with E-state index in [1.807, 2.05) is 6.92 Å². The van der Waals surface area contributed by atoms with Crippen LogP contribution >= 0.6 is 0 Å². The van der Waals surface area contributed by atoms with E-state index in [0.29, 0.717) is 30.2 Å². The summed E-state index contributed by atoms with van der Waals surface area (Å²) in [5.41, 5.74) is 0.623. The third-order valence-corrected chi connectivity index (χ3v) is 2.46. The van der Waals surface area contributed by atoms with Crippen LogP contribution in [-0.2, 0) is 0 Å². The SMILES string of the molecule is CCCN(CC(F)(F)F)c1ncnc(NC)c1C. The lowest BCUT2D eigenvalue weighted by atomic mass is 10.2. The quantitative estimate of drug-likeness (QED) is 0.885. The maximum absolute atomic E-state index is 12.5. The van der Waals surface area contributed by atoms with Crippen molar-refractivity contribution in [1.82, 2.24) is 9.97 Å². The zero-order valence-electron chi connectivity index (χ0n) is 10.7. The number of rotatable bonds is 5. The van der Waals surface area contributed by atoms with Crippen LogP contribution in [0.5, 0.6) is 0 Å². The third-order valence-electron chi connectivity index (χ3n) is 2.46. The smallest absolute Gasteiger partial charge is 0.373 e. The summed E-state index contributed by atoms with van der Waals surface area (Å²) in [6.07, 6.45) is -2.35. The van der Waals surface area contributed by atoms with E-state index in [1.165, 1.54) is 11.2 Å². The molecule has 0 fully saturated rings. The third kappa shape index (κ3) is 3.75. The Kier molecular flexibility index (Phi) is 4.75. The minimum atomic E-state index is -4.24. The second kappa shape index (κ2) is 5.88. The molecule has 0 amide bonds. The van der Waals surface area contributed by atoms with Crippen LogP contribution in [0.2, 0.25) is 0 Å². The van der Waals surface area contributed by atoms with E-state index in [-0.39, 0.29) is 0 Å². The Labute approximate surface area is 104 Å². The van der Waals surface area contributed by atoms with Crippen LogP contribution in [-0.4, -0.2) is 36.3 Å². The number of aromatic nitrogens is 2. The first-order valence-electron chi connectivity index (χ1n) is 5.70. The van der Waals surface area contributed by atoms with Crippen molar-refractivity contribution < 1.29 is 13.2 Å². The van der Waals surface area contributed by atoms with Gasteiger partial charge in [-0.15, -0.1) is 0 Å². The van der Waals surface area contributed by atoms with Crippen molar-refractivity contribution in [1.29, 1.82) is 0 Å². The molecule has 7 heteroatoms. The normalized spacial score (nSPS) is 11.4. The Hall–Kier alpha value is -1.53. The number of nitrogens with one attached hydrogen (secondary N) is 1. The van der Waals surface area contributed by atoms with Crippen LogP contribution < -0.4 is 10.2 Å². The molecule has 0 aliphatic carbocycles. The molecule has 102 valence electrons. The first-order chi connectivity index (χ1) is 8.39. The van der Waals surface area contributed by atoms with Gasteiger partial charge in [-0.25, -0.2) is 9.97 Å². The maximum atomic E-state index is 12.5. The molecule has 1 heterocycles. The Morgan fingerprint density at radius 1 is 1.33 bits per heavy atom. The lowest BCUT2D eigenvalue weighted by Crippen LogP contribution is -2.36. The molecule has 0 aliphatic rings. The first-order valence-corrected chi connectivity index (χ1v) is 5.70. The van der Waals surface area contributed by atoms with Gasteiger partial charge >= 0.3 is 6.18 Å². The van der Waals surface area contributed by atoms with Gasteiger partial charge in [-0.05, 0) is 13.3 Å². The largest absolute Gasteiger partial charge is 0.405 e. The predicted molar refractivity (Wildman–Crippen MR) is 64.9 cm³/mol. The highest BCUT2D eigenvalue weighted by Crippen LogP contribution is 2.25.